The van der Waals surface area contributed by atoms with Gasteiger partial charge in [-0.05, 0) is 102 Å². The van der Waals surface area contributed by atoms with Crippen molar-refractivity contribution in [3.8, 4) is 0 Å². The fourth-order valence-corrected chi connectivity index (χ4v) is 13.6. The molecule has 5 aliphatic rings. The Bertz CT molecular complexity index is 4210. The maximum Gasteiger partial charge on any atom is 0.165 e. The Labute approximate surface area is 591 Å². The first kappa shape index (κ1) is 77.2. The Morgan fingerprint density at radius 1 is 0.433 bits per heavy atom. The summed E-state index contributed by atoms with van der Waals surface area (Å²) < 4.78 is 90.8. The first-order valence-corrected chi connectivity index (χ1v) is 31.0. The molecular formula is C64H73Cl7F3N11O12. The lowest BCUT2D eigenvalue weighted by Crippen LogP contribution is -2.45. The lowest BCUT2D eigenvalue weighted by atomic mass is 9.87. The van der Waals surface area contributed by atoms with E-state index in [1.807, 2.05) is 0 Å². The van der Waals surface area contributed by atoms with Gasteiger partial charge in [0, 0.05) is 18.6 Å². The summed E-state index contributed by atoms with van der Waals surface area (Å²) in [4.78, 5) is 23.8. The van der Waals surface area contributed by atoms with Crippen molar-refractivity contribution in [2.24, 2.45) is 0 Å². The standard InChI is InChI=1S/C21H19Cl3FN3O4.C21H21Cl2FN4O4.C18H17Cl2FN4O4.4CH4/c1-20(2)31-14-15(32-20)19(28-7-12(25)13-17(24)26-8-27-18(13)28)30-16(14)21(3,29)9-4-5-10(22)11(23)6-9;1-20(2)31-14-15(32-20)19(28-7-12(24)13-17(25)26-8-27-18(13)28)30-16(14)21(3,29)9-4-5-10(22)11(23)6-9;1-18(28,7-2-3-8(19)9(20)4-7)14-12(26)13(27)17(29-14)25-5-10(21)11-15(22)23-6-24-16(11)25;;;;/h4-8,14-16,19,29H,1-3H3;4-8,14-16,19,29H,1-3H3,(H2,25,26,27);2-6,12-14,17,26-28H,1H3,(H2,22,23,24);4*1H4/t2*14-,15+,16-,19+,21+;12-,13+,14-,17+,18+;;;;/m000..../s1. The number of aliphatic hydroxyl groups excluding tert-OH is 2. The zero-order valence-electron chi connectivity index (χ0n) is 49.6. The third-order valence-corrected chi connectivity index (χ3v) is 19.5. The van der Waals surface area contributed by atoms with Crippen LogP contribution < -0.4 is 11.5 Å². The van der Waals surface area contributed by atoms with Crippen molar-refractivity contribution in [1.82, 2.24) is 43.6 Å². The van der Waals surface area contributed by atoms with Gasteiger partial charge in [0.15, 0.2) is 59.0 Å². The van der Waals surface area contributed by atoms with E-state index in [4.69, 9.17) is 126 Å². The van der Waals surface area contributed by atoms with Crippen LogP contribution in [0, 0.1) is 17.5 Å². The summed E-state index contributed by atoms with van der Waals surface area (Å²) in [6, 6.07) is 14.2. The van der Waals surface area contributed by atoms with Crippen LogP contribution in [0.25, 0.3) is 33.1 Å². The highest BCUT2D eigenvalue weighted by Gasteiger charge is 2.63. The van der Waals surface area contributed by atoms with E-state index in [1.165, 1.54) is 63.9 Å². The number of hydrogen-bond acceptors (Lipinski definition) is 20. The largest absolute Gasteiger partial charge is 0.387 e. The summed E-state index contributed by atoms with van der Waals surface area (Å²) in [5.74, 6) is -3.83. The van der Waals surface area contributed by atoms with Gasteiger partial charge in [0.05, 0.1) is 46.3 Å². The van der Waals surface area contributed by atoms with E-state index < -0.39 is 119 Å². The van der Waals surface area contributed by atoms with Gasteiger partial charge in [-0.3, -0.25) is 0 Å². The monoisotopic (exact) mass is 1490 g/mol. The van der Waals surface area contributed by atoms with Crippen molar-refractivity contribution in [3.05, 3.63) is 162 Å². The van der Waals surface area contributed by atoms with Crippen LogP contribution in [0.15, 0.2) is 92.2 Å². The number of aliphatic hydroxyl groups is 5. The minimum atomic E-state index is -1.75. The summed E-state index contributed by atoms with van der Waals surface area (Å²) in [6.45, 7) is 11.7. The first-order chi connectivity index (χ1) is 43.6. The number of rotatable bonds is 9. The van der Waals surface area contributed by atoms with Crippen LogP contribution in [0.2, 0.25) is 35.3 Å². The first-order valence-electron chi connectivity index (χ1n) is 28.4. The van der Waals surface area contributed by atoms with Crippen molar-refractivity contribution in [2.45, 2.75) is 180 Å². The van der Waals surface area contributed by atoms with Gasteiger partial charge in [-0.15, -0.1) is 0 Å². The predicted octanol–water partition coefficient (Wildman–Crippen LogP) is 13.2. The van der Waals surface area contributed by atoms with Crippen LogP contribution in [0.4, 0.5) is 24.8 Å². The number of aromatic nitrogens is 9. The molecule has 15 atom stereocenters. The van der Waals surface area contributed by atoms with Gasteiger partial charge in [0.25, 0.3) is 0 Å². The van der Waals surface area contributed by atoms with E-state index >= 15 is 0 Å². The minimum absolute atomic E-state index is 0. The Hall–Kier alpha value is -5.54. The highest BCUT2D eigenvalue weighted by Crippen LogP contribution is 2.52. The number of anilines is 2. The Balaban J connectivity index is 0.000000182. The number of nitrogen functional groups attached to an aromatic ring is 2. The number of hydrogen-bond donors (Lipinski definition) is 7. The Morgan fingerprint density at radius 2 is 0.742 bits per heavy atom. The van der Waals surface area contributed by atoms with E-state index in [2.05, 4.69) is 29.9 Å². The summed E-state index contributed by atoms with van der Waals surface area (Å²) in [7, 11) is 0. The molecule has 11 heterocycles. The number of ether oxygens (including phenoxy) is 7. The van der Waals surface area contributed by atoms with Crippen molar-refractivity contribution >= 4 is 126 Å². The fourth-order valence-electron chi connectivity index (χ4n) is 12.5. The molecule has 6 aromatic heterocycles. The summed E-state index contributed by atoms with van der Waals surface area (Å²) >= 11 is 42.5. The normalized spacial score (nSPS) is 26.9. The Morgan fingerprint density at radius 3 is 1.11 bits per heavy atom. The average Bonchev–Trinajstić information content (AvgIpc) is 1.58. The average molecular weight is 1490 g/mol. The summed E-state index contributed by atoms with van der Waals surface area (Å²) in [6.07, 6.45) is -4.42. The van der Waals surface area contributed by atoms with Crippen LogP contribution in [-0.2, 0) is 50.0 Å². The second-order valence-corrected chi connectivity index (χ2v) is 27.0. The van der Waals surface area contributed by atoms with Gasteiger partial charge in [-0.25, -0.2) is 43.1 Å². The van der Waals surface area contributed by atoms with Gasteiger partial charge in [-0.2, -0.15) is 0 Å². The molecule has 9 N–H and O–H groups in total. The smallest absolute Gasteiger partial charge is 0.165 e. The third-order valence-electron chi connectivity index (χ3n) is 17.0. The predicted molar refractivity (Wildman–Crippen MR) is 363 cm³/mol. The van der Waals surface area contributed by atoms with E-state index in [0.29, 0.717) is 41.8 Å². The van der Waals surface area contributed by atoms with Crippen LogP contribution in [0.1, 0.15) is 114 Å². The number of benzene rings is 3. The van der Waals surface area contributed by atoms with Gasteiger partial charge in [0.2, 0.25) is 0 Å². The van der Waals surface area contributed by atoms with Crippen molar-refractivity contribution in [1.29, 1.82) is 0 Å². The third kappa shape index (κ3) is 13.7. The van der Waals surface area contributed by atoms with Crippen molar-refractivity contribution in [2.75, 3.05) is 11.5 Å². The SMILES string of the molecule is C.C.C.C.CC1(C)O[C@@H]2[C@H](O1)[C@@H]([C@](C)(O)c1ccc(Cl)c(Cl)c1)O[C@H]2n1cc(F)c2c(Cl)ncnc21.CC1(C)O[C@@H]2[C@H](O1)[C@@H]([C@](C)(O)c1ccc(Cl)c(Cl)c1)O[C@H]2n1cc(F)c2c(N)ncnc21.C[C@@](O)(c1ccc(Cl)c(Cl)c1)[C@H]1O[C@@H](n2cc(F)c3c(N)ncnc32)[C@H](O)[C@@H]1O. The number of halogens is 10. The summed E-state index contributed by atoms with van der Waals surface area (Å²) in [5, 5.41) is 57.3. The van der Waals surface area contributed by atoms with Gasteiger partial charge >= 0.3 is 0 Å². The van der Waals surface area contributed by atoms with E-state index in [9.17, 15) is 38.7 Å². The molecule has 5 fully saturated rings. The van der Waals surface area contributed by atoms with E-state index in [1.54, 1.807) is 77.9 Å². The maximum atomic E-state index is 14.7. The van der Waals surface area contributed by atoms with E-state index in [0.717, 1.165) is 12.5 Å². The minimum Gasteiger partial charge on any atom is -0.387 e. The molecule has 0 saturated carbocycles. The van der Waals surface area contributed by atoms with Crippen LogP contribution in [0.3, 0.4) is 0 Å². The van der Waals surface area contributed by atoms with Crippen LogP contribution in [0.5, 0.6) is 0 Å². The molecule has 97 heavy (non-hydrogen) atoms. The van der Waals surface area contributed by atoms with E-state index in [-0.39, 0.29) is 84.6 Å². The molecule has 3 aromatic carbocycles. The number of nitrogens with two attached hydrogens (primary N) is 2. The molecule has 526 valence electrons. The maximum absolute atomic E-state index is 14.7. The lowest BCUT2D eigenvalue weighted by molar-refractivity contribution is -0.221. The highest BCUT2D eigenvalue weighted by atomic mass is 35.5. The number of nitrogens with zero attached hydrogens (tertiary/aromatic N) is 9. The summed E-state index contributed by atoms with van der Waals surface area (Å²) in [5.41, 5.74) is 8.61. The molecule has 0 bridgehead atoms. The van der Waals surface area contributed by atoms with Gasteiger partial charge in [0.1, 0.15) is 113 Å². The molecule has 9 aromatic rings. The molecule has 33 heteroatoms. The molecule has 0 unspecified atom stereocenters. The van der Waals surface area contributed by atoms with Crippen molar-refractivity contribution < 1.29 is 71.9 Å². The quantitative estimate of drug-likeness (QED) is 0.0660. The molecule has 0 radical (unpaired) electrons. The second-order valence-electron chi connectivity index (χ2n) is 24.2. The number of fused-ring (bicyclic) bond motifs is 5. The zero-order chi connectivity index (χ0) is 67.1. The topological polar surface area (TPSA) is 310 Å². The zero-order valence-corrected chi connectivity index (χ0v) is 54.9. The molecule has 23 nitrogen and oxygen atoms in total. The van der Waals surface area contributed by atoms with Gasteiger partial charge in [-0.1, -0.05) is 129 Å². The van der Waals surface area contributed by atoms with Crippen molar-refractivity contribution in [3.63, 3.8) is 0 Å². The lowest BCUT2D eigenvalue weighted by Gasteiger charge is -2.34. The molecular weight excluding hydrogens is 1420 g/mol. The molecule has 14 rings (SSSR count). The second kappa shape index (κ2) is 28.1. The highest BCUT2D eigenvalue weighted by molar-refractivity contribution is 6.43. The molecule has 0 aliphatic carbocycles. The molecule has 0 spiro atoms. The van der Waals surface area contributed by atoms with Gasteiger partial charge < -0.3 is 83.9 Å². The van der Waals surface area contributed by atoms with Crippen LogP contribution >= 0.6 is 81.2 Å². The molecule has 5 saturated heterocycles. The fraction of sp³-hybridized carbons (Fsp3) is 0.438. The van der Waals surface area contributed by atoms with Crippen LogP contribution in [-0.4, -0.2) is 136 Å². The molecule has 0 amide bonds. The Kier molecular flexibility index (Phi) is 22.4. The molecule has 5 aliphatic heterocycles.